The van der Waals surface area contributed by atoms with E-state index in [0.29, 0.717) is 24.7 Å². The summed E-state index contributed by atoms with van der Waals surface area (Å²) < 4.78 is 6.61. The fourth-order valence-corrected chi connectivity index (χ4v) is 3.13. The van der Waals surface area contributed by atoms with Gasteiger partial charge in [-0.15, -0.1) is 0 Å². The lowest BCUT2D eigenvalue weighted by Crippen LogP contribution is -2.39. The lowest BCUT2D eigenvalue weighted by Gasteiger charge is -2.31. The van der Waals surface area contributed by atoms with E-state index in [1.807, 2.05) is 30.3 Å². The molecule has 1 aliphatic rings. The first-order valence-electron chi connectivity index (χ1n) is 8.33. The maximum atomic E-state index is 12.8. The predicted octanol–water partition coefficient (Wildman–Crippen LogP) is 1.47. The number of primary amides is 1. The summed E-state index contributed by atoms with van der Waals surface area (Å²) in [5.41, 5.74) is 6.58. The second-order valence-electron chi connectivity index (χ2n) is 6.22. The zero-order valence-electron chi connectivity index (χ0n) is 14.2. The molecule has 0 unspecified atom stereocenters. The first kappa shape index (κ1) is 17.2. The highest BCUT2D eigenvalue weighted by Crippen LogP contribution is 2.20. The summed E-state index contributed by atoms with van der Waals surface area (Å²) in [6.45, 7) is 2.05. The number of hydrogen-bond acceptors (Lipinski definition) is 4. The van der Waals surface area contributed by atoms with E-state index >= 15 is 0 Å². The zero-order chi connectivity index (χ0) is 17.8. The van der Waals surface area contributed by atoms with Gasteiger partial charge in [0.15, 0.2) is 5.69 Å². The largest absolute Gasteiger partial charge is 0.384 e. The second kappa shape index (κ2) is 7.48. The molecule has 0 aliphatic carbocycles. The topological polar surface area (TPSA) is 90.5 Å². The lowest BCUT2D eigenvalue weighted by atomic mass is 9.97. The van der Waals surface area contributed by atoms with Crippen LogP contribution in [0.3, 0.4) is 0 Å². The summed E-state index contributed by atoms with van der Waals surface area (Å²) >= 11 is 0. The Morgan fingerprint density at radius 3 is 2.52 bits per heavy atom. The second-order valence-corrected chi connectivity index (χ2v) is 6.22. The van der Waals surface area contributed by atoms with Crippen molar-refractivity contribution in [2.24, 2.45) is 11.7 Å². The van der Waals surface area contributed by atoms with Gasteiger partial charge >= 0.3 is 0 Å². The third-order valence-corrected chi connectivity index (χ3v) is 4.49. The normalized spacial score (nSPS) is 15.3. The van der Waals surface area contributed by atoms with Crippen LogP contribution in [0.1, 0.15) is 33.8 Å². The average molecular weight is 342 g/mol. The van der Waals surface area contributed by atoms with Crippen LogP contribution in [0.2, 0.25) is 0 Å². The van der Waals surface area contributed by atoms with Gasteiger partial charge in [-0.2, -0.15) is 5.10 Å². The molecule has 7 heteroatoms. The molecule has 1 aromatic carbocycles. The molecule has 132 valence electrons. The van der Waals surface area contributed by atoms with Gasteiger partial charge < -0.3 is 15.4 Å². The number of aromatic nitrogens is 2. The average Bonchev–Trinajstić information content (AvgIpc) is 3.08. The minimum absolute atomic E-state index is 0.173. The summed E-state index contributed by atoms with van der Waals surface area (Å²) in [7, 11) is 1.69. The summed E-state index contributed by atoms with van der Waals surface area (Å²) in [5.74, 6) is -0.306. The molecule has 1 aromatic heterocycles. The molecule has 1 aliphatic heterocycles. The minimum atomic E-state index is -0.616. The van der Waals surface area contributed by atoms with Gasteiger partial charge in [0.25, 0.3) is 11.8 Å². The van der Waals surface area contributed by atoms with Crippen molar-refractivity contribution in [3.05, 3.63) is 47.8 Å². The number of nitrogens with zero attached hydrogens (tertiary/aromatic N) is 3. The first-order valence-corrected chi connectivity index (χ1v) is 8.33. The molecule has 1 saturated heterocycles. The molecule has 0 radical (unpaired) electrons. The Bertz CT molecular complexity index is 749. The standard InChI is InChI=1S/C18H22N4O3/c1-25-12-13-7-9-21(10-8-13)18(24)15-11-16(17(19)23)22(20-15)14-5-3-2-4-6-14/h2-6,11,13H,7-10,12H2,1H3,(H2,19,23). The van der Waals surface area contributed by atoms with Crippen molar-refractivity contribution in [3.8, 4) is 5.69 Å². The quantitative estimate of drug-likeness (QED) is 0.891. The van der Waals surface area contributed by atoms with E-state index in [4.69, 9.17) is 10.5 Å². The molecule has 25 heavy (non-hydrogen) atoms. The predicted molar refractivity (Wildman–Crippen MR) is 92.6 cm³/mol. The van der Waals surface area contributed by atoms with Gasteiger partial charge in [-0.3, -0.25) is 9.59 Å². The van der Waals surface area contributed by atoms with Crippen molar-refractivity contribution in [1.29, 1.82) is 0 Å². The number of likely N-dealkylation sites (tertiary alicyclic amines) is 1. The highest BCUT2D eigenvalue weighted by molar-refractivity contribution is 5.97. The van der Waals surface area contributed by atoms with E-state index in [1.54, 1.807) is 12.0 Å². The van der Waals surface area contributed by atoms with Gasteiger partial charge in [0.05, 0.1) is 5.69 Å². The van der Waals surface area contributed by atoms with Gasteiger partial charge in [0, 0.05) is 32.9 Å². The van der Waals surface area contributed by atoms with Gasteiger partial charge in [-0.1, -0.05) is 18.2 Å². The molecular formula is C18H22N4O3. The Morgan fingerprint density at radius 2 is 1.92 bits per heavy atom. The molecule has 0 bridgehead atoms. The molecule has 0 saturated carbocycles. The molecule has 2 aromatic rings. The van der Waals surface area contributed by atoms with Gasteiger partial charge in [-0.05, 0) is 30.9 Å². The van der Waals surface area contributed by atoms with Gasteiger partial charge in [0.2, 0.25) is 0 Å². The number of carbonyl (C=O) groups excluding carboxylic acids is 2. The van der Waals surface area contributed by atoms with E-state index in [2.05, 4.69) is 5.10 Å². The van der Waals surface area contributed by atoms with Gasteiger partial charge in [0.1, 0.15) is 5.69 Å². The van der Waals surface area contributed by atoms with Crippen LogP contribution in [-0.4, -0.2) is 53.3 Å². The lowest BCUT2D eigenvalue weighted by molar-refractivity contribution is 0.0608. The smallest absolute Gasteiger partial charge is 0.274 e. The van der Waals surface area contributed by atoms with E-state index in [9.17, 15) is 9.59 Å². The molecule has 1 fully saturated rings. The minimum Gasteiger partial charge on any atom is -0.384 e. The van der Waals surface area contributed by atoms with Crippen molar-refractivity contribution in [2.45, 2.75) is 12.8 Å². The molecule has 3 rings (SSSR count). The van der Waals surface area contributed by atoms with E-state index < -0.39 is 5.91 Å². The fourth-order valence-electron chi connectivity index (χ4n) is 3.13. The van der Waals surface area contributed by atoms with Crippen molar-refractivity contribution in [1.82, 2.24) is 14.7 Å². The number of piperidine rings is 1. The highest BCUT2D eigenvalue weighted by Gasteiger charge is 2.26. The van der Waals surface area contributed by atoms with Crippen molar-refractivity contribution >= 4 is 11.8 Å². The van der Waals surface area contributed by atoms with E-state index in [0.717, 1.165) is 19.4 Å². The number of benzene rings is 1. The molecule has 2 amide bonds. The highest BCUT2D eigenvalue weighted by atomic mass is 16.5. The Balaban J connectivity index is 1.81. The number of nitrogens with two attached hydrogens (primary N) is 1. The van der Waals surface area contributed by atoms with Crippen molar-refractivity contribution in [3.63, 3.8) is 0 Å². The fraction of sp³-hybridized carbons (Fsp3) is 0.389. The van der Waals surface area contributed by atoms with Crippen LogP contribution in [-0.2, 0) is 4.74 Å². The van der Waals surface area contributed by atoms with Crippen molar-refractivity contribution in [2.75, 3.05) is 26.8 Å². The van der Waals surface area contributed by atoms with Crippen LogP contribution < -0.4 is 5.73 Å². The summed E-state index contributed by atoms with van der Waals surface area (Å²) in [6, 6.07) is 10.6. The third kappa shape index (κ3) is 3.71. The van der Waals surface area contributed by atoms with Crippen molar-refractivity contribution < 1.29 is 14.3 Å². The van der Waals surface area contributed by atoms with Crippen LogP contribution in [0.5, 0.6) is 0 Å². The maximum Gasteiger partial charge on any atom is 0.274 e. The monoisotopic (exact) mass is 342 g/mol. The molecule has 7 nitrogen and oxygen atoms in total. The number of para-hydroxylation sites is 1. The number of ether oxygens (including phenoxy) is 1. The van der Waals surface area contributed by atoms with Crippen LogP contribution in [0.15, 0.2) is 36.4 Å². The Morgan fingerprint density at radius 1 is 1.24 bits per heavy atom. The van der Waals surface area contributed by atoms with Crippen LogP contribution in [0.25, 0.3) is 5.69 Å². The molecule has 2 N–H and O–H groups in total. The number of amides is 2. The van der Waals surface area contributed by atoms with Crippen LogP contribution in [0, 0.1) is 5.92 Å². The third-order valence-electron chi connectivity index (χ3n) is 4.49. The first-order chi connectivity index (χ1) is 12.1. The number of rotatable bonds is 5. The molecular weight excluding hydrogens is 320 g/mol. The maximum absolute atomic E-state index is 12.8. The van der Waals surface area contributed by atoms with E-state index in [-0.39, 0.29) is 17.3 Å². The number of hydrogen-bond donors (Lipinski definition) is 1. The Labute approximate surface area is 146 Å². The molecule has 0 atom stereocenters. The summed E-state index contributed by atoms with van der Waals surface area (Å²) in [4.78, 5) is 26.3. The SMILES string of the molecule is COCC1CCN(C(=O)c2cc(C(N)=O)n(-c3ccccc3)n2)CC1. The van der Waals surface area contributed by atoms with E-state index in [1.165, 1.54) is 10.7 Å². The zero-order valence-corrected chi connectivity index (χ0v) is 14.2. The van der Waals surface area contributed by atoms with Gasteiger partial charge in [-0.25, -0.2) is 4.68 Å². The van der Waals surface area contributed by atoms with Crippen LogP contribution >= 0.6 is 0 Å². The number of methoxy groups -OCH3 is 1. The Kier molecular flexibility index (Phi) is 5.14. The Hall–Kier alpha value is -2.67. The molecule has 2 heterocycles. The summed E-state index contributed by atoms with van der Waals surface area (Å²) in [6.07, 6.45) is 1.81. The number of carbonyl (C=O) groups is 2. The van der Waals surface area contributed by atoms with Crippen LogP contribution in [0.4, 0.5) is 0 Å². The summed E-state index contributed by atoms with van der Waals surface area (Å²) in [5, 5.41) is 4.33. The molecule has 0 spiro atoms.